The van der Waals surface area contributed by atoms with Crippen LogP contribution in [0.25, 0.3) is 0 Å². The zero-order chi connectivity index (χ0) is 13.5. The minimum absolute atomic E-state index is 0.324. The maximum atomic E-state index is 11.0. The molecular formula is C13H20N2O2S. The Bertz CT molecular complexity index is 418. The molecule has 3 N–H and O–H groups in total. The Morgan fingerprint density at radius 3 is 2.50 bits per heavy atom. The zero-order valence-corrected chi connectivity index (χ0v) is 11.6. The first-order valence-corrected chi connectivity index (χ1v) is 7.64. The summed E-state index contributed by atoms with van der Waals surface area (Å²) in [6.45, 7) is 2.81. The number of benzene rings is 1. The van der Waals surface area contributed by atoms with Crippen molar-refractivity contribution in [2.75, 3.05) is 12.0 Å². The van der Waals surface area contributed by atoms with Gasteiger partial charge in [-0.05, 0) is 31.0 Å². The van der Waals surface area contributed by atoms with Crippen molar-refractivity contribution < 1.29 is 9.00 Å². The van der Waals surface area contributed by atoms with Gasteiger partial charge in [-0.15, -0.1) is 0 Å². The van der Waals surface area contributed by atoms with Gasteiger partial charge in [0.25, 0.3) is 0 Å². The van der Waals surface area contributed by atoms with Crippen molar-refractivity contribution in [3.8, 4) is 0 Å². The number of amides is 1. The van der Waals surface area contributed by atoms with Gasteiger partial charge in [0.2, 0.25) is 5.91 Å². The lowest BCUT2D eigenvalue weighted by Gasteiger charge is -2.13. The topological polar surface area (TPSA) is 72.2 Å². The van der Waals surface area contributed by atoms with Gasteiger partial charge < -0.3 is 11.1 Å². The second-order valence-electron chi connectivity index (χ2n) is 4.41. The molecule has 1 aromatic rings. The van der Waals surface area contributed by atoms with Crippen molar-refractivity contribution in [1.82, 2.24) is 5.32 Å². The Morgan fingerprint density at radius 2 is 2.00 bits per heavy atom. The van der Waals surface area contributed by atoms with E-state index < -0.39 is 16.7 Å². The van der Waals surface area contributed by atoms with Crippen molar-refractivity contribution in [2.45, 2.75) is 25.9 Å². The number of hydrogen-bond acceptors (Lipinski definition) is 3. The Labute approximate surface area is 110 Å². The molecule has 0 fully saturated rings. The van der Waals surface area contributed by atoms with Crippen molar-refractivity contribution in [3.05, 3.63) is 35.4 Å². The fraction of sp³-hybridized carbons (Fsp3) is 0.462. The van der Waals surface area contributed by atoms with Crippen LogP contribution in [-0.2, 0) is 17.3 Å². The molecule has 0 aliphatic rings. The minimum atomic E-state index is -0.734. The first kappa shape index (κ1) is 14.9. The molecule has 0 bridgehead atoms. The van der Waals surface area contributed by atoms with Gasteiger partial charge in [0, 0.05) is 41.0 Å². The quantitative estimate of drug-likeness (QED) is 0.776. The highest BCUT2D eigenvalue weighted by atomic mass is 32.2. The average molecular weight is 268 g/mol. The zero-order valence-electron chi connectivity index (χ0n) is 10.8. The number of rotatable bonds is 7. The van der Waals surface area contributed by atoms with Gasteiger partial charge in [-0.3, -0.25) is 9.00 Å². The molecule has 2 unspecified atom stereocenters. The molecule has 0 saturated heterocycles. The lowest BCUT2D eigenvalue weighted by Crippen LogP contribution is -2.27. The number of nitrogens with two attached hydrogens (primary N) is 1. The van der Waals surface area contributed by atoms with Crippen LogP contribution >= 0.6 is 0 Å². The van der Waals surface area contributed by atoms with Gasteiger partial charge in [-0.2, -0.15) is 0 Å². The van der Waals surface area contributed by atoms with Crippen LogP contribution in [0.2, 0.25) is 0 Å². The third-order valence-electron chi connectivity index (χ3n) is 2.73. The Balaban J connectivity index is 2.39. The molecule has 0 aromatic heterocycles. The number of carbonyl (C=O) groups is 1. The SMILES string of the molecule is CC(CCS(C)=O)NCc1ccc(C(N)=O)cc1. The van der Waals surface area contributed by atoms with Gasteiger partial charge in [-0.25, -0.2) is 0 Å². The molecule has 5 heteroatoms. The van der Waals surface area contributed by atoms with E-state index >= 15 is 0 Å². The maximum Gasteiger partial charge on any atom is 0.248 e. The Morgan fingerprint density at radius 1 is 1.39 bits per heavy atom. The van der Waals surface area contributed by atoms with Crippen LogP contribution in [-0.4, -0.2) is 28.2 Å². The first-order valence-electron chi connectivity index (χ1n) is 5.91. The van der Waals surface area contributed by atoms with Crippen LogP contribution in [0.1, 0.15) is 29.3 Å². The van der Waals surface area contributed by atoms with E-state index in [1.165, 1.54) is 0 Å². The monoisotopic (exact) mass is 268 g/mol. The van der Waals surface area contributed by atoms with Gasteiger partial charge in [0.1, 0.15) is 0 Å². The molecule has 18 heavy (non-hydrogen) atoms. The highest BCUT2D eigenvalue weighted by Crippen LogP contribution is 2.04. The largest absolute Gasteiger partial charge is 0.366 e. The van der Waals surface area contributed by atoms with Crippen LogP contribution in [0, 0.1) is 0 Å². The summed E-state index contributed by atoms with van der Waals surface area (Å²) in [4.78, 5) is 10.9. The Kier molecular flexibility index (Phi) is 6.01. The van der Waals surface area contributed by atoms with Crippen molar-refractivity contribution in [3.63, 3.8) is 0 Å². The van der Waals surface area contributed by atoms with E-state index in [9.17, 15) is 9.00 Å². The van der Waals surface area contributed by atoms with Gasteiger partial charge >= 0.3 is 0 Å². The number of nitrogens with one attached hydrogen (secondary N) is 1. The molecule has 1 rings (SSSR count). The summed E-state index contributed by atoms with van der Waals surface area (Å²) < 4.78 is 11.0. The van der Waals surface area contributed by atoms with Gasteiger partial charge in [0.05, 0.1) is 0 Å². The number of hydrogen-bond donors (Lipinski definition) is 2. The first-order chi connectivity index (χ1) is 8.49. The average Bonchev–Trinajstić information content (AvgIpc) is 2.34. The molecule has 4 nitrogen and oxygen atoms in total. The molecule has 0 aliphatic carbocycles. The highest BCUT2D eigenvalue weighted by molar-refractivity contribution is 7.84. The summed E-state index contributed by atoms with van der Waals surface area (Å²) in [6.07, 6.45) is 2.61. The highest BCUT2D eigenvalue weighted by Gasteiger charge is 2.04. The van der Waals surface area contributed by atoms with E-state index in [1.807, 2.05) is 12.1 Å². The predicted molar refractivity (Wildman–Crippen MR) is 74.8 cm³/mol. The van der Waals surface area contributed by atoms with Crippen molar-refractivity contribution in [1.29, 1.82) is 0 Å². The second-order valence-corrected chi connectivity index (χ2v) is 5.96. The minimum Gasteiger partial charge on any atom is -0.366 e. The van der Waals surface area contributed by atoms with Crippen LogP contribution in [0.15, 0.2) is 24.3 Å². The van der Waals surface area contributed by atoms with Crippen LogP contribution in [0.3, 0.4) is 0 Å². The lowest BCUT2D eigenvalue weighted by molar-refractivity contribution is 0.100. The summed E-state index contributed by atoms with van der Waals surface area (Å²) in [6, 6.07) is 7.55. The molecule has 0 spiro atoms. The van der Waals surface area contributed by atoms with Crippen molar-refractivity contribution in [2.24, 2.45) is 5.73 Å². The molecule has 2 atom stereocenters. The molecule has 0 aliphatic heterocycles. The normalized spacial score (nSPS) is 14.1. The Hall–Kier alpha value is -1.20. The molecule has 1 aromatic carbocycles. The summed E-state index contributed by atoms with van der Waals surface area (Å²) in [5.74, 6) is 0.308. The molecular weight excluding hydrogens is 248 g/mol. The fourth-order valence-electron chi connectivity index (χ4n) is 1.52. The van der Waals surface area contributed by atoms with E-state index in [0.717, 1.165) is 24.3 Å². The predicted octanol–water partition coefficient (Wildman–Crippen LogP) is 1.03. The van der Waals surface area contributed by atoms with Crippen molar-refractivity contribution >= 4 is 16.7 Å². The van der Waals surface area contributed by atoms with Crippen LogP contribution < -0.4 is 11.1 Å². The van der Waals surface area contributed by atoms with E-state index in [4.69, 9.17) is 5.73 Å². The molecule has 0 heterocycles. The van der Waals surface area contributed by atoms with Crippen LogP contribution in [0.5, 0.6) is 0 Å². The van der Waals surface area contributed by atoms with E-state index in [1.54, 1.807) is 18.4 Å². The summed E-state index contributed by atoms with van der Waals surface area (Å²) >= 11 is 0. The van der Waals surface area contributed by atoms with Crippen LogP contribution in [0.4, 0.5) is 0 Å². The molecule has 100 valence electrons. The maximum absolute atomic E-state index is 11.0. The summed E-state index contributed by atoms with van der Waals surface area (Å²) in [7, 11) is -0.734. The van der Waals surface area contributed by atoms with Gasteiger partial charge in [0.15, 0.2) is 0 Å². The fourth-order valence-corrected chi connectivity index (χ4v) is 2.21. The molecule has 1 amide bonds. The number of carbonyl (C=O) groups excluding carboxylic acids is 1. The summed E-state index contributed by atoms with van der Waals surface area (Å²) in [5.41, 5.74) is 6.79. The third-order valence-corrected chi connectivity index (χ3v) is 3.54. The standard InChI is InChI=1S/C13H20N2O2S/c1-10(7-8-18(2)17)15-9-11-3-5-12(6-4-11)13(14)16/h3-6,10,15H,7-9H2,1-2H3,(H2,14,16). The number of primary amides is 1. The molecule has 0 radical (unpaired) electrons. The van der Waals surface area contributed by atoms with E-state index in [2.05, 4.69) is 12.2 Å². The van der Waals surface area contributed by atoms with Gasteiger partial charge in [-0.1, -0.05) is 12.1 Å². The summed E-state index contributed by atoms with van der Waals surface area (Å²) in [5, 5.41) is 3.35. The van der Waals surface area contributed by atoms with E-state index in [0.29, 0.717) is 11.6 Å². The smallest absolute Gasteiger partial charge is 0.248 e. The third kappa shape index (κ3) is 5.42. The second kappa shape index (κ2) is 7.28. The van der Waals surface area contributed by atoms with E-state index in [-0.39, 0.29) is 0 Å². The molecule has 0 saturated carbocycles. The lowest BCUT2D eigenvalue weighted by atomic mass is 10.1.